The van der Waals surface area contributed by atoms with Crippen molar-refractivity contribution in [2.75, 3.05) is 0 Å². The van der Waals surface area contributed by atoms with Crippen LogP contribution in [0.2, 0.25) is 0 Å². The maximum absolute atomic E-state index is 7.22. The normalized spacial score (nSPS) is 11.2. The molecule has 3 nitrogen and oxygen atoms in total. The molecule has 0 saturated carbocycles. The van der Waals surface area contributed by atoms with E-state index in [9.17, 15) is 0 Å². The molecule has 3 heteroatoms. The molecule has 0 spiro atoms. The molecule has 0 saturated heterocycles. The summed E-state index contributed by atoms with van der Waals surface area (Å²) in [4.78, 5) is 3.51. The molecule has 0 aliphatic rings. The molecule has 0 N–H and O–H groups in total. The molecule has 2 aromatic carbocycles. The van der Waals surface area contributed by atoms with Gasteiger partial charge in [0.2, 0.25) is 5.69 Å². The zero-order valence-corrected chi connectivity index (χ0v) is 14.8. The maximum Gasteiger partial charge on any atom is 0.216 e. The number of aryl methyl sites for hydroxylation is 3. The van der Waals surface area contributed by atoms with Gasteiger partial charge < -0.3 is 4.42 Å². The van der Waals surface area contributed by atoms with Gasteiger partial charge in [0.15, 0.2) is 11.4 Å². The van der Waals surface area contributed by atoms with Crippen LogP contribution in [-0.4, -0.2) is 0 Å². The van der Waals surface area contributed by atoms with Crippen molar-refractivity contribution in [1.82, 2.24) is 0 Å². The number of rotatable bonds is 1. The first kappa shape index (κ1) is 15.4. The lowest BCUT2D eigenvalue weighted by Crippen LogP contribution is -2.35. The fraction of sp³-hybridized carbons (Fsp3) is 0.182. The second kappa shape index (κ2) is 5.46. The zero-order valence-electron chi connectivity index (χ0n) is 14.8. The Kier molecular flexibility index (Phi) is 3.36. The van der Waals surface area contributed by atoms with E-state index in [1.165, 1.54) is 16.8 Å². The highest BCUT2D eigenvalue weighted by molar-refractivity contribution is 6.10. The molecule has 2 heterocycles. The largest absolute Gasteiger partial charge is 0.456 e. The van der Waals surface area contributed by atoms with E-state index in [4.69, 9.17) is 11.0 Å². The van der Waals surface area contributed by atoms with Crippen LogP contribution in [0.1, 0.15) is 16.8 Å². The van der Waals surface area contributed by atoms with Gasteiger partial charge in [0.25, 0.3) is 0 Å². The summed E-state index contributed by atoms with van der Waals surface area (Å²) in [6.45, 7) is 13.6. The highest BCUT2D eigenvalue weighted by atomic mass is 16.3. The average Bonchev–Trinajstić information content (AvgIpc) is 2.95. The lowest BCUT2D eigenvalue weighted by atomic mass is 9.99. The second-order valence-corrected chi connectivity index (χ2v) is 6.65. The van der Waals surface area contributed by atoms with Gasteiger partial charge in [-0.2, -0.15) is 4.57 Å². The standard InChI is InChI=1S/C22H19N2O/c1-13-10-15(3)24(5)19(11-13)21-14(2)6-8-18-17-9-7-16(23-4)12-20(17)25-22(18)21/h6-12H,1-3,5H3/q+1. The Morgan fingerprint density at radius 3 is 2.48 bits per heavy atom. The van der Waals surface area contributed by atoms with Crippen LogP contribution in [-0.2, 0) is 7.05 Å². The fourth-order valence-electron chi connectivity index (χ4n) is 3.53. The first-order valence-electron chi connectivity index (χ1n) is 8.30. The van der Waals surface area contributed by atoms with Gasteiger partial charge in [0, 0.05) is 29.8 Å². The third-order valence-corrected chi connectivity index (χ3v) is 4.91. The Balaban J connectivity index is 2.14. The molecular weight excluding hydrogens is 308 g/mol. The van der Waals surface area contributed by atoms with E-state index >= 15 is 0 Å². The Bertz CT molecular complexity index is 1190. The minimum absolute atomic E-state index is 0.599. The van der Waals surface area contributed by atoms with Crippen LogP contribution in [0, 0.1) is 27.3 Å². The highest BCUT2D eigenvalue weighted by Gasteiger charge is 2.22. The topological polar surface area (TPSA) is 21.4 Å². The Hall–Kier alpha value is -3.12. The van der Waals surface area contributed by atoms with Crippen molar-refractivity contribution < 1.29 is 8.98 Å². The van der Waals surface area contributed by atoms with E-state index in [0.29, 0.717) is 5.69 Å². The zero-order chi connectivity index (χ0) is 17.7. The average molecular weight is 327 g/mol. The van der Waals surface area contributed by atoms with E-state index in [-0.39, 0.29) is 0 Å². The molecule has 0 amide bonds. The number of nitrogens with zero attached hydrogens (tertiary/aromatic N) is 2. The maximum atomic E-state index is 7.22. The number of pyridine rings is 1. The van der Waals surface area contributed by atoms with Gasteiger partial charge in [-0.25, -0.2) is 4.85 Å². The van der Waals surface area contributed by atoms with Crippen LogP contribution in [0.3, 0.4) is 0 Å². The fourth-order valence-corrected chi connectivity index (χ4v) is 3.53. The highest BCUT2D eigenvalue weighted by Crippen LogP contribution is 2.38. The molecule has 0 fully saturated rings. The number of benzene rings is 2. The van der Waals surface area contributed by atoms with Gasteiger partial charge in [-0.15, -0.1) is 0 Å². The van der Waals surface area contributed by atoms with Crippen molar-refractivity contribution in [2.24, 2.45) is 7.05 Å². The minimum atomic E-state index is 0.599. The van der Waals surface area contributed by atoms with Crippen molar-refractivity contribution in [2.45, 2.75) is 20.8 Å². The molecule has 2 aromatic heterocycles. The van der Waals surface area contributed by atoms with Gasteiger partial charge in [0.05, 0.1) is 12.1 Å². The molecule has 0 unspecified atom stereocenters. The second-order valence-electron chi connectivity index (χ2n) is 6.65. The lowest BCUT2D eigenvalue weighted by molar-refractivity contribution is -0.666. The summed E-state index contributed by atoms with van der Waals surface area (Å²) < 4.78 is 8.44. The number of fused-ring (bicyclic) bond motifs is 3. The van der Waals surface area contributed by atoms with Gasteiger partial charge in [-0.1, -0.05) is 24.3 Å². The summed E-state index contributed by atoms with van der Waals surface area (Å²) in [6, 6.07) is 14.3. The van der Waals surface area contributed by atoms with Gasteiger partial charge in [0.1, 0.15) is 18.2 Å². The molecule has 25 heavy (non-hydrogen) atoms. The molecule has 0 bridgehead atoms. The van der Waals surface area contributed by atoms with Crippen molar-refractivity contribution >= 4 is 27.6 Å². The Morgan fingerprint density at radius 2 is 1.72 bits per heavy atom. The van der Waals surface area contributed by atoms with Gasteiger partial charge >= 0.3 is 0 Å². The van der Waals surface area contributed by atoms with Crippen LogP contribution >= 0.6 is 0 Å². The molecule has 122 valence electrons. The summed E-state index contributed by atoms with van der Waals surface area (Å²) in [5, 5.41) is 2.14. The summed E-state index contributed by atoms with van der Waals surface area (Å²) >= 11 is 0. The Labute approximate surface area is 147 Å². The van der Waals surface area contributed by atoms with Crippen LogP contribution < -0.4 is 4.57 Å². The van der Waals surface area contributed by atoms with E-state index in [1.54, 1.807) is 0 Å². The number of furan rings is 1. The summed E-state index contributed by atoms with van der Waals surface area (Å²) in [5.41, 5.74) is 8.13. The van der Waals surface area contributed by atoms with Gasteiger partial charge in [-0.05, 0) is 31.0 Å². The molecular formula is C22H19N2O+. The van der Waals surface area contributed by atoms with Crippen LogP contribution in [0.4, 0.5) is 5.69 Å². The van der Waals surface area contributed by atoms with Crippen molar-refractivity contribution in [3.05, 3.63) is 70.7 Å². The minimum Gasteiger partial charge on any atom is -0.456 e. The van der Waals surface area contributed by atoms with Crippen LogP contribution in [0.5, 0.6) is 0 Å². The predicted molar refractivity (Wildman–Crippen MR) is 101 cm³/mol. The molecule has 0 aliphatic heterocycles. The quantitative estimate of drug-likeness (QED) is 0.331. The van der Waals surface area contributed by atoms with E-state index in [2.05, 4.69) is 61.5 Å². The third-order valence-electron chi connectivity index (χ3n) is 4.91. The van der Waals surface area contributed by atoms with Crippen molar-refractivity contribution in [3.8, 4) is 11.3 Å². The molecule has 0 aliphatic carbocycles. The predicted octanol–water partition coefficient (Wildman–Crippen LogP) is 5.55. The molecule has 0 atom stereocenters. The van der Waals surface area contributed by atoms with Crippen LogP contribution in [0.25, 0.3) is 38.0 Å². The first-order chi connectivity index (χ1) is 12.0. The summed E-state index contributed by atoms with van der Waals surface area (Å²) in [5.74, 6) is 0. The molecule has 4 aromatic rings. The lowest BCUT2D eigenvalue weighted by Gasteiger charge is -2.08. The molecule has 0 radical (unpaired) electrons. The Morgan fingerprint density at radius 1 is 0.960 bits per heavy atom. The van der Waals surface area contributed by atoms with E-state index in [1.807, 2.05) is 18.2 Å². The summed E-state index contributed by atoms with van der Waals surface area (Å²) in [6.07, 6.45) is 0. The first-order valence-corrected chi connectivity index (χ1v) is 8.30. The van der Waals surface area contributed by atoms with E-state index < -0.39 is 0 Å². The molecule has 4 rings (SSSR count). The third kappa shape index (κ3) is 2.30. The number of hydrogen-bond acceptors (Lipinski definition) is 1. The van der Waals surface area contributed by atoms with Crippen molar-refractivity contribution in [3.63, 3.8) is 0 Å². The SMILES string of the molecule is [C-]#[N+]c1ccc2c(c1)oc1c(-c3cc(C)cc(C)[n+]3C)c(C)ccc12. The number of hydrogen-bond donors (Lipinski definition) is 0. The van der Waals surface area contributed by atoms with Gasteiger partial charge in [-0.3, -0.25) is 0 Å². The van der Waals surface area contributed by atoms with E-state index in [0.717, 1.165) is 33.2 Å². The smallest absolute Gasteiger partial charge is 0.216 e. The monoisotopic (exact) mass is 327 g/mol. The van der Waals surface area contributed by atoms with Crippen LogP contribution in [0.15, 0.2) is 46.9 Å². The summed E-state index contributed by atoms with van der Waals surface area (Å²) in [7, 11) is 2.09. The van der Waals surface area contributed by atoms with Crippen molar-refractivity contribution in [1.29, 1.82) is 0 Å². The number of aromatic nitrogens is 1.